The molecule has 18 heavy (non-hydrogen) atoms. The second-order valence-electron chi connectivity index (χ2n) is 5.05. The molecule has 0 aliphatic rings. The molecule has 0 saturated heterocycles. The average molecular weight is 248 g/mol. The highest BCUT2D eigenvalue weighted by atomic mass is 16.2. The number of hydrogen-bond acceptors (Lipinski definition) is 2. The van der Waals surface area contributed by atoms with E-state index in [4.69, 9.17) is 5.73 Å². The van der Waals surface area contributed by atoms with E-state index in [1.165, 1.54) is 11.1 Å². The highest BCUT2D eigenvalue weighted by Gasteiger charge is 2.18. The molecular formula is C15H24N2O. The lowest BCUT2D eigenvalue weighted by molar-refractivity contribution is -0.131. The lowest BCUT2D eigenvalue weighted by Gasteiger charge is -2.25. The molecule has 0 aliphatic carbocycles. The quantitative estimate of drug-likeness (QED) is 0.869. The van der Waals surface area contributed by atoms with E-state index in [-0.39, 0.29) is 17.9 Å². The first-order chi connectivity index (χ1) is 8.47. The summed E-state index contributed by atoms with van der Waals surface area (Å²) >= 11 is 0. The molecule has 0 aliphatic heterocycles. The molecule has 0 radical (unpaired) electrons. The van der Waals surface area contributed by atoms with E-state index in [0.717, 1.165) is 0 Å². The first-order valence-corrected chi connectivity index (χ1v) is 6.48. The van der Waals surface area contributed by atoms with Gasteiger partial charge in [-0.25, -0.2) is 0 Å². The Morgan fingerprint density at radius 1 is 1.33 bits per heavy atom. The van der Waals surface area contributed by atoms with Gasteiger partial charge in [0, 0.05) is 26.1 Å². The SMILES string of the molecule is Cc1ccccc1C(C)CC(=O)N(C)C(C)CN. The van der Waals surface area contributed by atoms with Crippen LogP contribution in [0, 0.1) is 6.92 Å². The third-order valence-corrected chi connectivity index (χ3v) is 3.60. The number of hydrogen-bond donors (Lipinski definition) is 1. The Labute approximate surface area is 110 Å². The molecule has 3 nitrogen and oxygen atoms in total. The minimum absolute atomic E-state index is 0.0987. The molecule has 0 saturated carbocycles. The fourth-order valence-electron chi connectivity index (χ4n) is 2.06. The average Bonchev–Trinajstić information content (AvgIpc) is 2.37. The summed E-state index contributed by atoms with van der Waals surface area (Å²) in [4.78, 5) is 13.9. The Bertz CT molecular complexity index is 403. The standard InChI is InChI=1S/C15H24N2O/c1-11-7-5-6-8-14(11)12(2)9-15(18)17(4)13(3)10-16/h5-8,12-13H,9-10,16H2,1-4H3. The first-order valence-electron chi connectivity index (χ1n) is 6.48. The topological polar surface area (TPSA) is 46.3 Å². The Morgan fingerprint density at radius 3 is 2.50 bits per heavy atom. The summed E-state index contributed by atoms with van der Waals surface area (Å²) in [6.45, 7) is 6.65. The Hall–Kier alpha value is -1.35. The summed E-state index contributed by atoms with van der Waals surface area (Å²) in [7, 11) is 1.82. The van der Waals surface area contributed by atoms with Crippen LogP contribution in [0.1, 0.15) is 37.3 Å². The molecule has 0 aromatic heterocycles. The van der Waals surface area contributed by atoms with Gasteiger partial charge in [0.1, 0.15) is 0 Å². The number of nitrogens with zero attached hydrogens (tertiary/aromatic N) is 1. The molecule has 2 unspecified atom stereocenters. The smallest absolute Gasteiger partial charge is 0.223 e. The molecule has 1 aromatic carbocycles. The summed E-state index contributed by atoms with van der Waals surface area (Å²) in [5, 5.41) is 0. The van der Waals surface area contributed by atoms with Gasteiger partial charge in [0.15, 0.2) is 0 Å². The van der Waals surface area contributed by atoms with Gasteiger partial charge >= 0.3 is 0 Å². The van der Waals surface area contributed by atoms with Gasteiger partial charge in [-0.2, -0.15) is 0 Å². The molecule has 0 bridgehead atoms. The highest BCUT2D eigenvalue weighted by Crippen LogP contribution is 2.23. The van der Waals surface area contributed by atoms with Gasteiger partial charge in [-0.1, -0.05) is 31.2 Å². The number of aryl methyl sites for hydroxylation is 1. The van der Waals surface area contributed by atoms with Crippen molar-refractivity contribution >= 4 is 5.91 Å². The van der Waals surface area contributed by atoms with Gasteiger partial charge in [-0.05, 0) is 30.9 Å². The van der Waals surface area contributed by atoms with Gasteiger partial charge in [0.2, 0.25) is 5.91 Å². The highest BCUT2D eigenvalue weighted by molar-refractivity contribution is 5.77. The second-order valence-corrected chi connectivity index (χ2v) is 5.05. The van der Waals surface area contributed by atoms with Crippen LogP contribution >= 0.6 is 0 Å². The number of amides is 1. The van der Waals surface area contributed by atoms with Crippen LogP contribution in [-0.4, -0.2) is 30.4 Å². The van der Waals surface area contributed by atoms with E-state index in [1.807, 2.05) is 26.1 Å². The summed E-state index contributed by atoms with van der Waals surface area (Å²) in [6.07, 6.45) is 0.533. The molecule has 3 heteroatoms. The van der Waals surface area contributed by atoms with Crippen molar-refractivity contribution in [1.29, 1.82) is 0 Å². The van der Waals surface area contributed by atoms with Gasteiger partial charge < -0.3 is 10.6 Å². The monoisotopic (exact) mass is 248 g/mol. The van der Waals surface area contributed by atoms with Gasteiger partial charge in [0.25, 0.3) is 0 Å². The normalized spacial score (nSPS) is 14.1. The molecule has 0 fully saturated rings. The lowest BCUT2D eigenvalue weighted by atomic mass is 9.93. The summed E-state index contributed by atoms with van der Waals surface area (Å²) < 4.78 is 0. The minimum Gasteiger partial charge on any atom is -0.342 e. The van der Waals surface area contributed by atoms with Crippen LogP contribution in [-0.2, 0) is 4.79 Å². The molecule has 1 rings (SSSR count). The Kier molecular flexibility index (Phi) is 5.35. The van der Waals surface area contributed by atoms with E-state index in [9.17, 15) is 4.79 Å². The van der Waals surface area contributed by atoms with E-state index >= 15 is 0 Å². The zero-order valence-corrected chi connectivity index (χ0v) is 11.8. The number of carbonyl (C=O) groups excluding carboxylic acids is 1. The van der Waals surface area contributed by atoms with Crippen molar-refractivity contribution in [3.63, 3.8) is 0 Å². The van der Waals surface area contributed by atoms with E-state index in [2.05, 4.69) is 26.0 Å². The molecule has 1 amide bonds. The minimum atomic E-state index is 0.0987. The Balaban J connectivity index is 2.68. The maximum absolute atomic E-state index is 12.1. The van der Waals surface area contributed by atoms with Crippen molar-refractivity contribution < 1.29 is 4.79 Å². The van der Waals surface area contributed by atoms with Crippen LogP contribution in [0.3, 0.4) is 0 Å². The molecule has 2 N–H and O–H groups in total. The van der Waals surface area contributed by atoms with Gasteiger partial charge in [0.05, 0.1) is 0 Å². The van der Waals surface area contributed by atoms with Gasteiger partial charge in [-0.15, -0.1) is 0 Å². The predicted octanol–water partition coefficient (Wildman–Crippen LogP) is 2.29. The number of carbonyl (C=O) groups is 1. The molecular weight excluding hydrogens is 224 g/mol. The van der Waals surface area contributed by atoms with Crippen molar-refractivity contribution in [1.82, 2.24) is 4.90 Å². The van der Waals surface area contributed by atoms with Crippen LogP contribution in [0.2, 0.25) is 0 Å². The van der Waals surface area contributed by atoms with Crippen LogP contribution < -0.4 is 5.73 Å². The largest absolute Gasteiger partial charge is 0.342 e. The van der Waals surface area contributed by atoms with E-state index in [1.54, 1.807) is 4.90 Å². The molecule has 0 spiro atoms. The molecule has 1 aromatic rings. The number of benzene rings is 1. The predicted molar refractivity (Wildman–Crippen MR) is 75.5 cm³/mol. The second kappa shape index (κ2) is 6.55. The molecule has 0 heterocycles. The van der Waals surface area contributed by atoms with E-state index < -0.39 is 0 Å². The molecule has 100 valence electrons. The zero-order chi connectivity index (χ0) is 13.7. The summed E-state index contributed by atoms with van der Waals surface area (Å²) in [6, 6.07) is 8.33. The Morgan fingerprint density at radius 2 is 1.94 bits per heavy atom. The lowest BCUT2D eigenvalue weighted by Crippen LogP contribution is -2.40. The van der Waals surface area contributed by atoms with Crippen molar-refractivity contribution in [3.05, 3.63) is 35.4 Å². The van der Waals surface area contributed by atoms with Crippen molar-refractivity contribution in [2.45, 2.75) is 39.2 Å². The third kappa shape index (κ3) is 3.57. The van der Waals surface area contributed by atoms with Crippen molar-refractivity contribution in [3.8, 4) is 0 Å². The number of nitrogens with two attached hydrogens (primary N) is 1. The van der Waals surface area contributed by atoms with E-state index in [0.29, 0.717) is 13.0 Å². The van der Waals surface area contributed by atoms with Crippen LogP contribution in [0.5, 0.6) is 0 Å². The molecule has 2 atom stereocenters. The van der Waals surface area contributed by atoms with Crippen molar-refractivity contribution in [2.75, 3.05) is 13.6 Å². The number of rotatable bonds is 5. The maximum atomic E-state index is 12.1. The summed E-state index contributed by atoms with van der Waals surface area (Å²) in [5.41, 5.74) is 8.08. The van der Waals surface area contributed by atoms with Crippen molar-refractivity contribution in [2.24, 2.45) is 5.73 Å². The van der Waals surface area contributed by atoms with Crippen LogP contribution in [0.25, 0.3) is 0 Å². The zero-order valence-electron chi connectivity index (χ0n) is 11.8. The first kappa shape index (κ1) is 14.7. The number of likely N-dealkylation sites (N-methyl/N-ethyl adjacent to an activating group) is 1. The van der Waals surface area contributed by atoms with Crippen LogP contribution in [0.4, 0.5) is 0 Å². The van der Waals surface area contributed by atoms with Gasteiger partial charge in [-0.3, -0.25) is 4.79 Å². The maximum Gasteiger partial charge on any atom is 0.223 e. The fraction of sp³-hybridized carbons (Fsp3) is 0.533. The fourth-order valence-corrected chi connectivity index (χ4v) is 2.06. The summed E-state index contributed by atoms with van der Waals surface area (Å²) in [5.74, 6) is 0.398. The third-order valence-electron chi connectivity index (χ3n) is 3.60. The van der Waals surface area contributed by atoms with Crippen LogP contribution in [0.15, 0.2) is 24.3 Å².